The van der Waals surface area contributed by atoms with Crippen LogP contribution in [0.3, 0.4) is 0 Å². The Kier molecular flexibility index (Phi) is 4.81. The van der Waals surface area contributed by atoms with E-state index in [0.717, 1.165) is 10.8 Å². The minimum atomic E-state index is -0.901. The van der Waals surface area contributed by atoms with Gasteiger partial charge in [0.2, 0.25) is 0 Å². The lowest BCUT2D eigenvalue weighted by atomic mass is 9.88. The summed E-state index contributed by atoms with van der Waals surface area (Å²) in [5.74, 6) is -1.12. The van der Waals surface area contributed by atoms with Crippen molar-refractivity contribution >= 4 is 22.6 Å². The Labute approximate surface area is 130 Å². The minimum absolute atomic E-state index is 0.0729. The fourth-order valence-corrected chi connectivity index (χ4v) is 2.74. The molecule has 2 aromatic rings. The zero-order valence-electron chi connectivity index (χ0n) is 12.9. The number of nitrogens with one attached hydrogen (secondary N) is 1. The summed E-state index contributed by atoms with van der Waals surface area (Å²) >= 11 is 0. The van der Waals surface area contributed by atoms with Crippen molar-refractivity contribution in [3.8, 4) is 0 Å². The Morgan fingerprint density at radius 3 is 2.32 bits per heavy atom. The van der Waals surface area contributed by atoms with Crippen molar-refractivity contribution < 1.29 is 14.7 Å². The molecule has 0 bridgehead atoms. The van der Waals surface area contributed by atoms with Gasteiger partial charge in [0.15, 0.2) is 0 Å². The maximum atomic E-state index is 12.7. The molecule has 0 saturated heterocycles. The molecule has 22 heavy (non-hydrogen) atoms. The minimum Gasteiger partial charge on any atom is -0.481 e. The van der Waals surface area contributed by atoms with Gasteiger partial charge in [0.1, 0.15) is 0 Å². The molecule has 2 aromatic carbocycles. The van der Waals surface area contributed by atoms with E-state index in [0.29, 0.717) is 18.4 Å². The van der Waals surface area contributed by atoms with Crippen molar-refractivity contribution in [3.63, 3.8) is 0 Å². The average molecular weight is 299 g/mol. The molecule has 0 atom stereocenters. The maximum absolute atomic E-state index is 12.7. The first-order chi connectivity index (χ1) is 10.5. The van der Waals surface area contributed by atoms with E-state index in [1.807, 2.05) is 50.2 Å². The van der Waals surface area contributed by atoms with Gasteiger partial charge in [0, 0.05) is 5.56 Å². The second kappa shape index (κ2) is 6.60. The van der Waals surface area contributed by atoms with Crippen LogP contribution in [0, 0.1) is 0 Å². The number of carbonyl (C=O) groups excluding carboxylic acids is 1. The van der Waals surface area contributed by atoms with Gasteiger partial charge in [0.05, 0.1) is 12.0 Å². The number of fused-ring (bicyclic) bond motifs is 1. The molecular formula is C18H21NO3. The number of benzene rings is 2. The van der Waals surface area contributed by atoms with Crippen LogP contribution in [0.4, 0.5) is 0 Å². The summed E-state index contributed by atoms with van der Waals surface area (Å²) < 4.78 is 0. The average Bonchev–Trinajstić information content (AvgIpc) is 2.53. The van der Waals surface area contributed by atoms with E-state index in [2.05, 4.69) is 5.32 Å². The van der Waals surface area contributed by atoms with Crippen LogP contribution in [0.2, 0.25) is 0 Å². The van der Waals surface area contributed by atoms with Crippen LogP contribution in [-0.4, -0.2) is 22.5 Å². The van der Waals surface area contributed by atoms with Gasteiger partial charge < -0.3 is 10.4 Å². The number of hydrogen-bond acceptors (Lipinski definition) is 2. The number of hydrogen-bond donors (Lipinski definition) is 2. The lowest BCUT2D eigenvalue weighted by molar-refractivity contribution is -0.138. The highest BCUT2D eigenvalue weighted by atomic mass is 16.4. The van der Waals surface area contributed by atoms with Crippen LogP contribution >= 0.6 is 0 Å². The first-order valence-corrected chi connectivity index (χ1v) is 7.53. The molecule has 0 saturated carbocycles. The lowest BCUT2D eigenvalue weighted by Gasteiger charge is -2.31. The smallest absolute Gasteiger partial charge is 0.305 e. The van der Waals surface area contributed by atoms with Crippen LogP contribution in [0.5, 0.6) is 0 Å². The van der Waals surface area contributed by atoms with Crippen molar-refractivity contribution in [2.45, 2.75) is 38.6 Å². The van der Waals surface area contributed by atoms with Crippen molar-refractivity contribution in [1.82, 2.24) is 5.32 Å². The quantitative estimate of drug-likeness (QED) is 0.856. The summed E-state index contributed by atoms with van der Waals surface area (Å²) in [6.07, 6.45) is 1.08. The zero-order chi connectivity index (χ0) is 16.2. The number of amides is 1. The van der Waals surface area contributed by atoms with Gasteiger partial charge >= 0.3 is 5.97 Å². The number of rotatable bonds is 6. The van der Waals surface area contributed by atoms with Crippen LogP contribution in [0.25, 0.3) is 10.8 Å². The third kappa shape index (κ3) is 3.27. The molecule has 0 aliphatic carbocycles. The summed E-state index contributed by atoms with van der Waals surface area (Å²) in [4.78, 5) is 23.8. The molecule has 2 rings (SSSR count). The van der Waals surface area contributed by atoms with Crippen LogP contribution in [0.15, 0.2) is 42.5 Å². The number of aliphatic carboxylic acids is 1. The highest BCUT2D eigenvalue weighted by Gasteiger charge is 2.31. The van der Waals surface area contributed by atoms with E-state index in [9.17, 15) is 9.59 Å². The summed E-state index contributed by atoms with van der Waals surface area (Å²) in [6, 6.07) is 13.2. The van der Waals surface area contributed by atoms with E-state index in [4.69, 9.17) is 5.11 Å². The van der Waals surface area contributed by atoms with Crippen LogP contribution in [-0.2, 0) is 4.79 Å². The highest BCUT2D eigenvalue weighted by Crippen LogP contribution is 2.23. The van der Waals surface area contributed by atoms with Gasteiger partial charge in [-0.2, -0.15) is 0 Å². The number of carboxylic acids is 1. The molecule has 0 aromatic heterocycles. The van der Waals surface area contributed by atoms with Gasteiger partial charge in [0.25, 0.3) is 5.91 Å². The van der Waals surface area contributed by atoms with E-state index in [-0.39, 0.29) is 12.3 Å². The monoisotopic (exact) mass is 299 g/mol. The molecule has 0 radical (unpaired) electrons. The summed E-state index contributed by atoms with van der Waals surface area (Å²) in [7, 11) is 0. The first kappa shape index (κ1) is 16.0. The Hall–Kier alpha value is -2.36. The van der Waals surface area contributed by atoms with Crippen molar-refractivity contribution in [2.24, 2.45) is 0 Å². The molecule has 0 aliphatic rings. The van der Waals surface area contributed by atoms with Gasteiger partial charge in [-0.15, -0.1) is 0 Å². The molecule has 2 N–H and O–H groups in total. The highest BCUT2D eigenvalue weighted by molar-refractivity contribution is 6.07. The standard InChI is InChI=1S/C18H21NO3/c1-3-18(4-2,12-16(20)21)19-17(22)15-11-7-9-13-8-5-6-10-14(13)15/h5-11H,3-4,12H2,1-2H3,(H,19,22)(H,20,21). The summed E-state index contributed by atoms with van der Waals surface area (Å²) in [5, 5.41) is 13.9. The lowest BCUT2D eigenvalue weighted by Crippen LogP contribution is -2.49. The number of carboxylic acid groups (broad SMARTS) is 1. The molecule has 0 aliphatic heterocycles. The molecular weight excluding hydrogens is 278 g/mol. The second-order valence-corrected chi connectivity index (χ2v) is 5.54. The third-order valence-electron chi connectivity index (χ3n) is 4.26. The van der Waals surface area contributed by atoms with Crippen molar-refractivity contribution in [1.29, 1.82) is 0 Å². The summed E-state index contributed by atoms with van der Waals surface area (Å²) in [6.45, 7) is 3.80. The molecule has 0 fully saturated rings. The van der Waals surface area contributed by atoms with Crippen LogP contribution in [0.1, 0.15) is 43.5 Å². The van der Waals surface area contributed by atoms with E-state index < -0.39 is 11.5 Å². The first-order valence-electron chi connectivity index (χ1n) is 7.53. The third-order valence-corrected chi connectivity index (χ3v) is 4.26. The second-order valence-electron chi connectivity index (χ2n) is 5.54. The summed E-state index contributed by atoms with van der Waals surface area (Å²) in [5.41, 5.74) is -0.130. The van der Waals surface area contributed by atoms with Gasteiger partial charge in [-0.1, -0.05) is 50.2 Å². The van der Waals surface area contributed by atoms with Crippen LogP contribution < -0.4 is 5.32 Å². The van der Waals surface area contributed by atoms with E-state index in [1.165, 1.54) is 0 Å². The van der Waals surface area contributed by atoms with Crippen molar-refractivity contribution in [3.05, 3.63) is 48.0 Å². The van der Waals surface area contributed by atoms with E-state index in [1.54, 1.807) is 6.07 Å². The molecule has 1 amide bonds. The molecule has 0 heterocycles. The Morgan fingerprint density at radius 1 is 1.05 bits per heavy atom. The van der Waals surface area contributed by atoms with Gasteiger partial charge in [-0.3, -0.25) is 9.59 Å². The Morgan fingerprint density at radius 2 is 1.68 bits per heavy atom. The SMILES string of the molecule is CCC(CC)(CC(=O)O)NC(=O)c1cccc2ccccc12. The fourth-order valence-electron chi connectivity index (χ4n) is 2.74. The maximum Gasteiger partial charge on any atom is 0.305 e. The Balaban J connectivity index is 2.35. The fraction of sp³-hybridized carbons (Fsp3) is 0.333. The molecule has 0 unspecified atom stereocenters. The van der Waals surface area contributed by atoms with Crippen molar-refractivity contribution in [2.75, 3.05) is 0 Å². The molecule has 0 spiro atoms. The molecule has 4 nitrogen and oxygen atoms in total. The number of carbonyl (C=O) groups is 2. The largest absolute Gasteiger partial charge is 0.481 e. The normalized spacial score (nSPS) is 11.4. The predicted molar refractivity (Wildman–Crippen MR) is 87.0 cm³/mol. The molecule has 4 heteroatoms. The van der Waals surface area contributed by atoms with Gasteiger partial charge in [-0.25, -0.2) is 0 Å². The van der Waals surface area contributed by atoms with E-state index >= 15 is 0 Å². The zero-order valence-corrected chi connectivity index (χ0v) is 12.9. The Bertz CT molecular complexity index is 684. The molecule has 116 valence electrons. The van der Waals surface area contributed by atoms with Gasteiger partial charge in [-0.05, 0) is 29.7 Å². The topological polar surface area (TPSA) is 66.4 Å². The predicted octanol–water partition coefficient (Wildman–Crippen LogP) is 3.60.